The van der Waals surface area contributed by atoms with Crippen LogP contribution in [0.2, 0.25) is 5.02 Å². The number of rotatable bonds is 9. The molecule has 0 aliphatic rings. The lowest BCUT2D eigenvalue weighted by Gasteiger charge is -2.17. The van der Waals surface area contributed by atoms with E-state index < -0.39 is 11.7 Å². The zero-order chi connectivity index (χ0) is 24.5. The van der Waals surface area contributed by atoms with E-state index in [-0.39, 0.29) is 0 Å². The molecule has 3 aromatic heterocycles. The van der Waals surface area contributed by atoms with Crippen molar-refractivity contribution in [1.82, 2.24) is 28.9 Å². The van der Waals surface area contributed by atoms with Crippen molar-refractivity contribution in [3.63, 3.8) is 0 Å². The summed E-state index contributed by atoms with van der Waals surface area (Å²) in [5.41, 5.74) is 1.58. The van der Waals surface area contributed by atoms with E-state index in [0.29, 0.717) is 52.4 Å². The topological polar surface area (TPSA) is 111 Å². The third-order valence-electron chi connectivity index (χ3n) is 5.06. The number of aliphatic hydroxyl groups excluding tert-OH is 1. The van der Waals surface area contributed by atoms with Gasteiger partial charge < -0.3 is 14.9 Å². The van der Waals surface area contributed by atoms with Gasteiger partial charge >= 0.3 is 0 Å². The van der Waals surface area contributed by atoms with Crippen molar-refractivity contribution in [3.05, 3.63) is 70.9 Å². The molecule has 1 aromatic carbocycles. The normalized spacial score (nSPS) is 12.6. The first kappa shape index (κ1) is 24.1. The Morgan fingerprint density at radius 2 is 2.15 bits per heavy atom. The second kappa shape index (κ2) is 9.67. The maximum absolute atomic E-state index is 11.0. The van der Waals surface area contributed by atoms with Gasteiger partial charge in [0.2, 0.25) is 0 Å². The Kier molecular flexibility index (Phi) is 6.85. The molecule has 1 unspecified atom stereocenters. The fourth-order valence-corrected chi connectivity index (χ4v) is 4.17. The van der Waals surface area contributed by atoms with Crippen LogP contribution in [0.25, 0.3) is 17.1 Å². The summed E-state index contributed by atoms with van der Waals surface area (Å²) in [6.45, 7) is 9.60. The largest absolute Gasteiger partial charge is 0.492 e. The highest BCUT2D eigenvalue weighted by Gasteiger charge is 2.23. The zero-order valence-electron chi connectivity index (χ0n) is 19.0. The van der Waals surface area contributed by atoms with Gasteiger partial charge in [0.05, 0.1) is 29.1 Å². The fourth-order valence-electron chi connectivity index (χ4n) is 3.25. The van der Waals surface area contributed by atoms with Crippen LogP contribution in [-0.2, 0) is 0 Å². The minimum Gasteiger partial charge on any atom is -0.492 e. The molecule has 0 saturated heterocycles. The second-order valence-electron chi connectivity index (χ2n) is 8.51. The highest BCUT2D eigenvalue weighted by atomic mass is 35.5. The third kappa shape index (κ3) is 5.20. The van der Waals surface area contributed by atoms with Gasteiger partial charge in [-0.1, -0.05) is 23.4 Å². The maximum atomic E-state index is 11.0. The smallest absolute Gasteiger partial charge is 0.158 e. The molecule has 3 heterocycles. The molecular weight excluding hydrogens is 476 g/mol. The molecule has 0 bridgehead atoms. The molecule has 2 N–H and O–H groups in total. The van der Waals surface area contributed by atoms with Crippen LogP contribution in [-0.4, -0.2) is 51.3 Å². The SMILES string of the molecule is C=C(C)c1nccn1-c1nscc1C(O)c1cn(-c2ccc(OCCC(C)(C)O)c(Cl)c2)nn1. The minimum absolute atomic E-state index is 0.337. The van der Waals surface area contributed by atoms with Gasteiger partial charge in [-0.05, 0) is 56.1 Å². The number of benzene rings is 1. The van der Waals surface area contributed by atoms with Crippen LogP contribution in [0, 0.1) is 0 Å². The summed E-state index contributed by atoms with van der Waals surface area (Å²) < 4.78 is 13.4. The molecular formula is C23H25ClN6O3S. The van der Waals surface area contributed by atoms with E-state index in [1.807, 2.05) is 6.92 Å². The molecule has 0 fully saturated rings. The van der Waals surface area contributed by atoms with Crippen molar-refractivity contribution in [2.45, 2.75) is 38.9 Å². The highest BCUT2D eigenvalue weighted by Crippen LogP contribution is 2.31. The van der Waals surface area contributed by atoms with E-state index >= 15 is 0 Å². The van der Waals surface area contributed by atoms with Gasteiger partial charge in [-0.3, -0.25) is 4.57 Å². The molecule has 0 aliphatic heterocycles. The van der Waals surface area contributed by atoms with Gasteiger partial charge in [0, 0.05) is 29.8 Å². The van der Waals surface area contributed by atoms with E-state index in [1.54, 1.807) is 60.6 Å². The number of imidazole rings is 1. The Morgan fingerprint density at radius 3 is 2.85 bits per heavy atom. The van der Waals surface area contributed by atoms with Crippen LogP contribution in [0.4, 0.5) is 0 Å². The predicted octanol–water partition coefficient (Wildman–Crippen LogP) is 4.22. The summed E-state index contributed by atoms with van der Waals surface area (Å²) >= 11 is 7.61. The molecule has 4 rings (SSSR count). The van der Waals surface area contributed by atoms with Crippen molar-refractivity contribution >= 4 is 28.7 Å². The lowest BCUT2D eigenvalue weighted by Crippen LogP contribution is -2.21. The lowest BCUT2D eigenvalue weighted by atomic mass is 10.1. The van der Waals surface area contributed by atoms with Crippen molar-refractivity contribution < 1.29 is 14.9 Å². The van der Waals surface area contributed by atoms with E-state index in [4.69, 9.17) is 16.3 Å². The number of hydrogen-bond acceptors (Lipinski definition) is 8. The van der Waals surface area contributed by atoms with Gasteiger partial charge in [-0.2, -0.15) is 4.37 Å². The van der Waals surface area contributed by atoms with Crippen molar-refractivity contribution in [2.24, 2.45) is 0 Å². The minimum atomic E-state index is -1.04. The van der Waals surface area contributed by atoms with Crippen LogP contribution >= 0.6 is 23.1 Å². The van der Waals surface area contributed by atoms with E-state index in [2.05, 4.69) is 26.2 Å². The van der Waals surface area contributed by atoms with E-state index in [0.717, 1.165) is 5.57 Å². The molecule has 11 heteroatoms. The molecule has 9 nitrogen and oxygen atoms in total. The van der Waals surface area contributed by atoms with Gasteiger partial charge in [-0.25, -0.2) is 9.67 Å². The molecule has 34 heavy (non-hydrogen) atoms. The molecule has 0 amide bonds. The summed E-state index contributed by atoms with van der Waals surface area (Å²) in [6.07, 6.45) is 4.52. The zero-order valence-corrected chi connectivity index (χ0v) is 20.6. The molecule has 0 spiro atoms. The number of allylic oxidation sites excluding steroid dienone is 1. The summed E-state index contributed by atoms with van der Waals surface area (Å²) in [5.74, 6) is 1.75. The first-order chi connectivity index (χ1) is 16.1. The molecule has 4 aromatic rings. The molecule has 0 aliphatic carbocycles. The van der Waals surface area contributed by atoms with Crippen molar-refractivity contribution in [3.8, 4) is 17.3 Å². The van der Waals surface area contributed by atoms with Gasteiger partial charge in [0.15, 0.2) is 5.82 Å². The first-order valence-electron chi connectivity index (χ1n) is 10.5. The summed E-state index contributed by atoms with van der Waals surface area (Å²) in [7, 11) is 0. The van der Waals surface area contributed by atoms with Gasteiger partial charge in [0.1, 0.15) is 23.4 Å². The molecule has 0 radical (unpaired) electrons. The van der Waals surface area contributed by atoms with Gasteiger partial charge in [-0.15, -0.1) is 5.10 Å². The summed E-state index contributed by atoms with van der Waals surface area (Å²) in [4.78, 5) is 4.31. The lowest BCUT2D eigenvalue weighted by molar-refractivity contribution is 0.0553. The second-order valence-corrected chi connectivity index (χ2v) is 9.55. The average Bonchev–Trinajstić information content (AvgIpc) is 3.52. The van der Waals surface area contributed by atoms with Crippen molar-refractivity contribution in [1.29, 1.82) is 0 Å². The number of hydrogen-bond donors (Lipinski definition) is 2. The Bertz CT molecular complexity index is 1310. The predicted molar refractivity (Wildman–Crippen MR) is 131 cm³/mol. The first-order valence-corrected chi connectivity index (χ1v) is 11.7. The fraction of sp³-hybridized carbons (Fsp3) is 0.304. The van der Waals surface area contributed by atoms with E-state index in [9.17, 15) is 10.2 Å². The highest BCUT2D eigenvalue weighted by molar-refractivity contribution is 7.03. The number of halogens is 1. The monoisotopic (exact) mass is 500 g/mol. The van der Waals surface area contributed by atoms with E-state index in [1.165, 1.54) is 16.2 Å². The van der Waals surface area contributed by atoms with Crippen LogP contribution in [0.3, 0.4) is 0 Å². The van der Waals surface area contributed by atoms with Crippen LogP contribution in [0.1, 0.15) is 50.4 Å². The summed E-state index contributed by atoms with van der Waals surface area (Å²) in [6, 6.07) is 5.23. The standard InChI is InChI=1S/C23H25ClN6O3S/c1-14(2)21-25-8-9-29(21)22-16(13-34-27-22)20(31)18-12-30(28-26-18)15-5-6-19(17(24)11-15)33-10-7-23(3,4)32/h5-6,8-9,11-13,20,31-32H,1,7,10H2,2-4H3. The number of aromatic nitrogens is 6. The van der Waals surface area contributed by atoms with Gasteiger partial charge in [0.25, 0.3) is 0 Å². The van der Waals surface area contributed by atoms with Crippen LogP contribution in [0.5, 0.6) is 5.75 Å². The number of aliphatic hydroxyl groups is 2. The quantitative estimate of drug-likeness (QED) is 0.354. The Hall–Kier alpha value is -3.05. The maximum Gasteiger partial charge on any atom is 0.158 e. The summed E-state index contributed by atoms with van der Waals surface area (Å²) in [5, 5.41) is 31.3. The van der Waals surface area contributed by atoms with Crippen LogP contribution < -0.4 is 4.74 Å². The number of nitrogens with zero attached hydrogens (tertiary/aromatic N) is 6. The number of ether oxygens (including phenoxy) is 1. The molecule has 1 atom stereocenters. The molecule has 178 valence electrons. The third-order valence-corrected chi connectivity index (χ3v) is 6.00. The van der Waals surface area contributed by atoms with Crippen molar-refractivity contribution in [2.75, 3.05) is 6.61 Å². The Labute approximate surface area is 206 Å². The Balaban J connectivity index is 1.53. The Morgan fingerprint density at radius 1 is 1.35 bits per heavy atom. The average molecular weight is 501 g/mol. The van der Waals surface area contributed by atoms with Crippen LogP contribution in [0.15, 0.2) is 48.7 Å². The molecule has 0 saturated carbocycles.